The average molecular weight is 862 g/mol. The molecule has 4 aliphatic heterocycles. The van der Waals surface area contributed by atoms with Crippen molar-refractivity contribution in [2.45, 2.75) is 181 Å². The fraction of sp³-hybridized carbons (Fsp3) is 0.902. The number of rotatable bonds is 4. The zero-order valence-corrected chi connectivity index (χ0v) is 33.8. The highest BCUT2D eigenvalue weighted by atomic mass is 79.9. The Morgan fingerprint density at radius 1 is 0.667 bits per heavy atom. The van der Waals surface area contributed by atoms with Crippen molar-refractivity contribution in [3.8, 4) is 0 Å². The number of hydrogen-bond acceptors (Lipinski definition) is 11. The smallest absolute Gasteiger partial charge is 0.104 e. The summed E-state index contributed by atoms with van der Waals surface area (Å²) < 4.78 is 13.9. The fourth-order valence-electron chi connectivity index (χ4n) is 15.0. The monoisotopic (exact) mass is 860 g/mol. The Labute approximate surface area is 342 Å². The third-order valence-electron chi connectivity index (χ3n) is 18.1. The molecule has 0 aromatic carbocycles. The second-order valence-corrected chi connectivity index (χ2v) is 20.9. The topological polar surface area (TPSA) is 258 Å². The molecule has 8 fully saturated rings. The van der Waals surface area contributed by atoms with Gasteiger partial charge < -0.3 is 45.2 Å². The lowest BCUT2D eigenvalue weighted by molar-refractivity contribution is -0.250. The van der Waals surface area contributed by atoms with Gasteiger partial charge in [0.15, 0.2) is 0 Å². The van der Waals surface area contributed by atoms with Gasteiger partial charge in [-0.3, -0.25) is 0 Å². The van der Waals surface area contributed by atoms with Gasteiger partial charge in [0.1, 0.15) is 6.10 Å². The molecule has 0 radical (unpaired) electrons. The fourth-order valence-corrected chi connectivity index (χ4v) is 15.9. The van der Waals surface area contributed by atoms with E-state index in [2.05, 4.69) is 55.9 Å². The van der Waals surface area contributed by atoms with E-state index in [0.717, 1.165) is 69.8 Å². The molecule has 6 aliphatic carbocycles. The highest BCUT2D eigenvalue weighted by Crippen LogP contribution is 2.74. The van der Waals surface area contributed by atoms with Crippen LogP contribution in [0.15, 0.2) is 33.5 Å². The zero-order valence-electron chi connectivity index (χ0n) is 32.3. The van der Waals surface area contributed by atoms with Gasteiger partial charge in [-0.05, 0) is 135 Å². The summed E-state index contributed by atoms with van der Waals surface area (Å²) >= 11 is 3.64. The number of nitrogens with zero attached hydrogens (tertiary/aromatic N) is 6. The maximum absolute atomic E-state index is 10.9. The molecular weight excluding hydrogens is 800 g/mol. The second kappa shape index (κ2) is 13.6. The van der Waals surface area contributed by atoms with Crippen LogP contribution in [-0.4, -0.2) is 119 Å². The first-order valence-corrected chi connectivity index (χ1v) is 21.7. The molecule has 316 valence electrons. The molecule has 7 N–H and O–H groups in total. The van der Waals surface area contributed by atoms with Crippen LogP contribution >= 0.6 is 15.9 Å². The van der Waals surface area contributed by atoms with E-state index in [0.29, 0.717) is 31.3 Å². The first kappa shape index (κ1) is 41.9. The van der Waals surface area contributed by atoms with Crippen molar-refractivity contribution in [3.63, 3.8) is 0 Å². The minimum absolute atomic E-state index is 0. The number of aliphatic hydroxyl groups excluding tert-OH is 7. The Morgan fingerprint density at radius 3 is 1.56 bits per heavy atom. The van der Waals surface area contributed by atoms with E-state index in [1.807, 2.05) is 6.08 Å². The predicted octanol–water partition coefficient (Wildman–Crippen LogP) is 5.18. The van der Waals surface area contributed by atoms with Gasteiger partial charge in [-0.25, -0.2) is 0 Å². The highest BCUT2D eigenvalue weighted by Gasteiger charge is 2.76. The van der Waals surface area contributed by atoms with E-state index in [1.54, 1.807) is 0 Å². The summed E-state index contributed by atoms with van der Waals surface area (Å²) in [6, 6.07) is -1.30. The van der Waals surface area contributed by atoms with Gasteiger partial charge >= 0.3 is 0 Å². The molecule has 57 heavy (non-hydrogen) atoms. The van der Waals surface area contributed by atoms with Crippen LogP contribution in [0.1, 0.15) is 111 Å². The molecule has 2 saturated heterocycles. The van der Waals surface area contributed by atoms with E-state index in [4.69, 9.17) is 20.5 Å². The summed E-state index contributed by atoms with van der Waals surface area (Å²) in [7, 11) is 0. The van der Waals surface area contributed by atoms with E-state index < -0.39 is 63.6 Å². The normalized spacial score (nSPS) is 55.9. The Kier molecular flexibility index (Phi) is 10.0. The Bertz CT molecular complexity index is 1700. The number of hydrogen-bond donors (Lipinski definition) is 7. The van der Waals surface area contributed by atoms with E-state index in [-0.39, 0.29) is 60.3 Å². The van der Waals surface area contributed by atoms with Crippen molar-refractivity contribution >= 4 is 15.9 Å². The quantitative estimate of drug-likeness (QED) is 0.0646. The number of ether oxygens (including phenoxy) is 2. The van der Waals surface area contributed by atoms with Gasteiger partial charge in [0, 0.05) is 20.7 Å². The van der Waals surface area contributed by atoms with Crippen molar-refractivity contribution in [2.75, 3.05) is 13.2 Å². The Balaban J connectivity index is 0.000000157. The number of halogens is 1. The molecule has 10 aliphatic rings. The maximum Gasteiger partial charge on any atom is 0.104 e. The number of alkyl halides is 1. The van der Waals surface area contributed by atoms with E-state index in [1.165, 1.54) is 0 Å². The highest BCUT2D eigenvalue weighted by molar-refractivity contribution is 9.09. The molecule has 0 unspecified atom stereocenters. The molecular formula is C41H61BrN6O9. The molecule has 0 aromatic heterocycles. The van der Waals surface area contributed by atoms with Crippen molar-refractivity contribution in [1.82, 2.24) is 0 Å². The first-order valence-electron chi connectivity index (χ1n) is 20.8. The van der Waals surface area contributed by atoms with Gasteiger partial charge in [-0.2, -0.15) is 0 Å². The van der Waals surface area contributed by atoms with Gasteiger partial charge in [0.05, 0.1) is 76.9 Å². The molecule has 4 spiro atoms. The van der Waals surface area contributed by atoms with Crippen LogP contribution in [0.3, 0.4) is 0 Å². The zero-order chi connectivity index (χ0) is 39.9. The van der Waals surface area contributed by atoms with Crippen LogP contribution in [-0.2, 0) is 9.47 Å². The number of fused-ring (bicyclic) bond motifs is 2. The third-order valence-corrected chi connectivity index (χ3v) is 19.2. The predicted molar refractivity (Wildman–Crippen MR) is 211 cm³/mol. The molecule has 0 amide bonds. The van der Waals surface area contributed by atoms with Crippen molar-refractivity contribution in [3.05, 3.63) is 44.2 Å². The summed E-state index contributed by atoms with van der Waals surface area (Å²) in [5.74, 6) is 0.307. The summed E-state index contributed by atoms with van der Waals surface area (Å²) in [6.07, 6.45) is 10.5. The lowest BCUT2D eigenvalue weighted by Crippen LogP contribution is -2.67. The van der Waals surface area contributed by atoms with Crippen LogP contribution in [0.5, 0.6) is 0 Å². The van der Waals surface area contributed by atoms with Gasteiger partial charge in [0.25, 0.3) is 0 Å². The van der Waals surface area contributed by atoms with Crippen molar-refractivity contribution < 1.29 is 45.2 Å². The SMILES string of the molecule is C.C[C@]12CC[C@@]3(CO)C=C4[C@H](Br)[C@H](O)[C@@H](N=[N+]=[N-])C[C@]45CC[C@]3(O5)[C@@H]1CC[C@@H]2O.C[C@]12CC[C@]3(CO)C=C4[C@@H](O)[C@H](O)[C@@H](N=[N+]=[N-])C[C@]45CC[C@]3(O5)[C@@H]1CC[C@@H]2O. The van der Waals surface area contributed by atoms with Gasteiger partial charge in [-0.1, -0.05) is 59.6 Å². The molecule has 15 nitrogen and oxygen atoms in total. The van der Waals surface area contributed by atoms with Crippen LogP contribution in [0.4, 0.5) is 0 Å². The van der Waals surface area contributed by atoms with Gasteiger partial charge in [0.2, 0.25) is 0 Å². The van der Waals surface area contributed by atoms with Crippen LogP contribution < -0.4 is 0 Å². The van der Waals surface area contributed by atoms with E-state index >= 15 is 0 Å². The largest absolute Gasteiger partial charge is 0.395 e. The molecule has 0 aromatic rings. The summed E-state index contributed by atoms with van der Waals surface area (Å²) in [4.78, 5) is 5.43. The van der Waals surface area contributed by atoms with Crippen LogP contribution in [0.2, 0.25) is 0 Å². The first-order chi connectivity index (χ1) is 26.5. The molecule has 16 heteroatoms. The molecule has 18 atom stereocenters. The van der Waals surface area contributed by atoms with Crippen LogP contribution in [0, 0.1) is 33.5 Å². The average Bonchev–Trinajstić information content (AvgIpc) is 3.89. The molecule has 4 heterocycles. The second-order valence-electron chi connectivity index (χ2n) is 19.9. The number of azide groups is 2. The van der Waals surface area contributed by atoms with Crippen LogP contribution in [0.25, 0.3) is 20.9 Å². The number of aliphatic hydroxyl groups is 7. The standard InChI is InChI=1S/C20H28BrN3O4.C20H29N3O5.CH4/c1-17-4-5-18(10-25)8-11-15(21)16(27)12(23-24-22)9-19(11)6-7-20(18,28-19)13(17)2-3-14(17)26;1-17-4-5-18(10-24)8-11-15(26)16(27)12(22-23-21)9-19(11)6-7-20(18,28-19)13(17)2-3-14(17)25;/h8,12-16,25-27H,2-7,9-10H2,1H3;8,12-16,24-27H,2-7,9-10H2,1H3;1H4/t12-,13+,14-,15-,16+,17-,18-,19+,20-;12-,13+,14-,15+,16+,17-,18+,19+,20-;/m00./s1. The van der Waals surface area contributed by atoms with Gasteiger partial charge in [-0.15, -0.1) is 0 Å². The van der Waals surface area contributed by atoms with Crippen molar-refractivity contribution in [1.29, 1.82) is 0 Å². The maximum atomic E-state index is 10.9. The Morgan fingerprint density at radius 2 is 1.11 bits per heavy atom. The third kappa shape index (κ3) is 5.10. The molecule has 4 bridgehead atoms. The lowest BCUT2D eigenvalue weighted by Gasteiger charge is -2.63. The molecule has 6 saturated carbocycles. The lowest BCUT2D eigenvalue weighted by atomic mass is 9.50. The summed E-state index contributed by atoms with van der Waals surface area (Å²) in [5.41, 5.74) is 15.5. The van der Waals surface area contributed by atoms with E-state index in [9.17, 15) is 35.7 Å². The molecule has 10 rings (SSSR count). The summed E-state index contributed by atoms with van der Waals surface area (Å²) in [5, 5.41) is 82.2. The minimum Gasteiger partial charge on any atom is -0.395 e. The Hall–Kier alpha value is -1.78. The summed E-state index contributed by atoms with van der Waals surface area (Å²) in [6.45, 7) is 4.24. The van der Waals surface area contributed by atoms with Crippen molar-refractivity contribution in [2.24, 2.45) is 43.7 Å². The minimum atomic E-state index is -1.18.